The van der Waals surface area contributed by atoms with Crippen LogP contribution in [0.15, 0.2) is 22.7 Å². The van der Waals surface area contributed by atoms with Gasteiger partial charge in [0.1, 0.15) is 0 Å². The molecule has 4 heteroatoms. The van der Waals surface area contributed by atoms with Crippen LogP contribution in [-0.4, -0.2) is 18.2 Å². The third kappa shape index (κ3) is 3.36. The number of nitrogen functional groups attached to an aromatic ring is 1. The predicted molar refractivity (Wildman–Crippen MR) is 75.2 cm³/mol. The maximum atomic E-state index is 5.73. The highest BCUT2D eigenvalue weighted by molar-refractivity contribution is 9.10. The highest BCUT2D eigenvalue weighted by Gasteiger charge is 2.28. The summed E-state index contributed by atoms with van der Waals surface area (Å²) in [6.45, 7) is 5.09. The number of nitrogens with two attached hydrogens (primary N) is 1. The topological polar surface area (TPSA) is 47.3 Å². The van der Waals surface area contributed by atoms with Crippen molar-refractivity contribution in [3.63, 3.8) is 0 Å². The highest BCUT2D eigenvalue weighted by atomic mass is 79.9. The second-order valence-electron chi connectivity index (χ2n) is 5.18. The average Bonchev–Trinajstić information content (AvgIpc) is 2.21. The van der Waals surface area contributed by atoms with Crippen LogP contribution < -0.4 is 11.1 Å². The summed E-state index contributed by atoms with van der Waals surface area (Å²) in [5.74, 6) is 0. The van der Waals surface area contributed by atoms with E-state index >= 15 is 0 Å². The molecule has 0 spiro atoms. The molecule has 0 aliphatic carbocycles. The van der Waals surface area contributed by atoms with E-state index in [4.69, 9.17) is 10.5 Å². The van der Waals surface area contributed by atoms with E-state index in [-0.39, 0.29) is 5.60 Å². The van der Waals surface area contributed by atoms with Gasteiger partial charge in [0.25, 0.3) is 0 Å². The molecule has 0 bridgehead atoms. The van der Waals surface area contributed by atoms with Gasteiger partial charge in [-0.1, -0.05) is 0 Å². The Labute approximate surface area is 111 Å². The Morgan fingerprint density at radius 1 is 1.47 bits per heavy atom. The van der Waals surface area contributed by atoms with Gasteiger partial charge in [-0.25, -0.2) is 0 Å². The Hall–Kier alpha value is -0.740. The average molecular weight is 299 g/mol. The Morgan fingerprint density at radius 3 is 2.88 bits per heavy atom. The molecule has 0 aromatic heterocycles. The van der Waals surface area contributed by atoms with Crippen LogP contribution in [0.4, 0.5) is 11.4 Å². The first-order valence-electron chi connectivity index (χ1n) is 5.92. The summed E-state index contributed by atoms with van der Waals surface area (Å²) in [5.41, 5.74) is 7.57. The predicted octanol–water partition coefficient (Wildman–Crippen LogP) is 3.40. The van der Waals surface area contributed by atoms with Crippen LogP contribution >= 0.6 is 15.9 Å². The molecule has 1 aliphatic rings. The summed E-state index contributed by atoms with van der Waals surface area (Å²) >= 11 is 3.53. The van der Waals surface area contributed by atoms with Crippen LogP contribution in [-0.2, 0) is 4.74 Å². The van der Waals surface area contributed by atoms with Gasteiger partial charge in [-0.15, -0.1) is 0 Å². The molecule has 1 fully saturated rings. The molecule has 1 aromatic carbocycles. The third-order valence-corrected chi connectivity index (χ3v) is 3.71. The molecule has 1 heterocycles. The summed E-state index contributed by atoms with van der Waals surface area (Å²) in [4.78, 5) is 0. The van der Waals surface area contributed by atoms with E-state index in [2.05, 4.69) is 35.1 Å². The normalized spacial score (nSPS) is 23.4. The smallest absolute Gasteiger partial charge is 0.0646 e. The van der Waals surface area contributed by atoms with E-state index in [0.29, 0.717) is 6.04 Å². The number of ether oxygens (including phenoxy) is 1. The first-order valence-corrected chi connectivity index (χ1v) is 6.71. The van der Waals surface area contributed by atoms with Crippen LogP contribution in [0.2, 0.25) is 0 Å². The van der Waals surface area contributed by atoms with Gasteiger partial charge in [0, 0.05) is 28.5 Å². The zero-order chi connectivity index (χ0) is 12.5. The summed E-state index contributed by atoms with van der Waals surface area (Å²) in [5, 5.41) is 3.55. The number of nitrogens with one attached hydrogen (secondary N) is 1. The van der Waals surface area contributed by atoms with Crippen molar-refractivity contribution in [2.45, 2.75) is 38.3 Å². The maximum absolute atomic E-state index is 5.73. The fraction of sp³-hybridized carbons (Fsp3) is 0.538. The quantitative estimate of drug-likeness (QED) is 0.823. The van der Waals surface area contributed by atoms with E-state index in [0.717, 1.165) is 35.3 Å². The van der Waals surface area contributed by atoms with Gasteiger partial charge in [0.05, 0.1) is 5.60 Å². The van der Waals surface area contributed by atoms with Gasteiger partial charge in [-0.05, 0) is 60.8 Å². The standard InChI is InChI=1S/C13H19BrN2O/c1-13(2)8-10(5-6-17-13)16-12-4-3-9(15)7-11(12)14/h3-4,7,10,16H,5-6,8,15H2,1-2H3. The fourth-order valence-electron chi connectivity index (χ4n) is 2.22. The minimum Gasteiger partial charge on any atom is -0.399 e. The number of hydrogen-bond donors (Lipinski definition) is 2. The van der Waals surface area contributed by atoms with Crippen molar-refractivity contribution in [2.75, 3.05) is 17.7 Å². The SMILES string of the molecule is CC1(C)CC(Nc2ccc(N)cc2Br)CCO1. The molecule has 1 aliphatic heterocycles. The molecule has 1 aromatic rings. The van der Waals surface area contributed by atoms with E-state index in [1.54, 1.807) is 0 Å². The van der Waals surface area contributed by atoms with Crippen LogP contribution in [0, 0.1) is 0 Å². The second-order valence-corrected chi connectivity index (χ2v) is 6.04. The van der Waals surface area contributed by atoms with E-state index in [1.165, 1.54) is 0 Å². The lowest BCUT2D eigenvalue weighted by atomic mass is 9.94. The third-order valence-electron chi connectivity index (χ3n) is 3.05. The summed E-state index contributed by atoms with van der Waals surface area (Å²) in [6, 6.07) is 6.31. The molecule has 1 atom stereocenters. The Balaban J connectivity index is 2.05. The molecule has 3 nitrogen and oxygen atoms in total. The molecule has 0 amide bonds. The van der Waals surface area contributed by atoms with Crippen LogP contribution in [0.1, 0.15) is 26.7 Å². The minimum absolute atomic E-state index is 0.0315. The molecule has 94 valence electrons. The van der Waals surface area contributed by atoms with Crippen molar-refractivity contribution in [2.24, 2.45) is 0 Å². The summed E-state index contributed by atoms with van der Waals surface area (Å²) < 4.78 is 6.73. The number of rotatable bonds is 2. The second kappa shape index (κ2) is 4.86. The summed E-state index contributed by atoms with van der Waals surface area (Å²) in [7, 11) is 0. The molecule has 3 N–H and O–H groups in total. The van der Waals surface area contributed by atoms with Gasteiger partial charge in [0.2, 0.25) is 0 Å². The number of benzene rings is 1. The van der Waals surface area contributed by atoms with Gasteiger partial charge in [-0.2, -0.15) is 0 Å². The molecule has 0 saturated carbocycles. The van der Waals surface area contributed by atoms with Gasteiger partial charge < -0.3 is 15.8 Å². The van der Waals surface area contributed by atoms with Crippen LogP contribution in [0.25, 0.3) is 0 Å². The number of halogens is 1. The summed E-state index contributed by atoms with van der Waals surface area (Å²) in [6.07, 6.45) is 2.06. The lowest BCUT2D eigenvalue weighted by molar-refractivity contribution is -0.0553. The molecule has 1 saturated heterocycles. The van der Waals surface area contributed by atoms with E-state index in [9.17, 15) is 0 Å². The van der Waals surface area contributed by atoms with Crippen LogP contribution in [0.3, 0.4) is 0 Å². The van der Waals surface area contributed by atoms with Crippen molar-refractivity contribution >= 4 is 27.3 Å². The van der Waals surface area contributed by atoms with Crippen LogP contribution in [0.5, 0.6) is 0 Å². The number of anilines is 2. The van der Waals surface area contributed by atoms with E-state index < -0.39 is 0 Å². The molecular weight excluding hydrogens is 280 g/mol. The van der Waals surface area contributed by atoms with Gasteiger partial charge >= 0.3 is 0 Å². The first kappa shape index (κ1) is 12.7. The van der Waals surface area contributed by atoms with Gasteiger partial charge in [0.15, 0.2) is 0 Å². The molecular formula is C13H19BrN2O. The van der Waals surface area contributed by atoms with Crippen molar-refractivity contribution in [3.05, 3.63) is 22.7 Å². The lowest BCUT2D eigenvalue weighted by Crippen LogP contribution is -2.40. The highest BCUT2D eigenvalue weighted by Crippen LogP contribution is 2.30. The number of hydrogen-bond acceptors (Lipinski definition) is 3. The molecule has 17 heavy (non-hydrogen) atoms. The van der Waals surface area contributed by atoms with Crippen molar-refractivity contribution in [3.8, 4) is 0 Å². The van der Waals surface area contributed by atoms with E-state index in [1.807, 2.05) is 18.2 Å². The maximum Gasteiger partial charge on any atom is 0.0646 e. The minimum atomic E-state index is -0.0315. The van der Waals surface area contributed by atoms with Crippen molar-refractivity contribution < 1.29 is 4.74 Å². The fourth-order valence-corrected chi connectivity index (χ4v) is 2.73. The lowest BCUT2D eigenvalue weighted by Gasteiger charge is -2.36. The van der Waals surface area contributed by atoms with Gasteiger partial charge in [-0.3, -0.25) is 0 Å². The first-order chi connectivity index (χ1) is 7.96. The Morgan fingerprint density at radius 2 is 2.24 bits per heavy atom. The zero-order valence-corrected chi connectivity index (χ0v) is 11.9. The zero-order valence-electron chi connectivity index (χ0n) is 10.3. The largest absolute Gasteiger partial charge is 0.399 e. The molecule has 2 rings (SSSR count). The molecule has 1 unspecified atom stereocenters. The van der Waals surface area contributed by atoms with Crippen molar-refractivity contribution in [1.29, 1.82) is 0 Å². The Kier molecular flexibility index (Phi) is 3.64. The monoisotopic (exact) mass is 298 g/mol. The Bertz CT molecular complexity index is 406. The molecule has 0 radical (unpaired) electrons. The van der Waals surface area contributed by atoms with Crippen molar-refractivity contribution in [1.82, 2.24) is 0 Å².